The second kappa shape index (κ2) is 10.7. The van der Waals surface area contributed by atoms with Gasteiger partial charge in [-0.25, -0.2) is 0 Å². The summed E-state index contributed by atoms with van der Waals surface area (Å²) in [5.74, 6) is 0. The minimum atomic E-state index is 1.35. The topological polar surface area (TPSA) is 0 Å². The van der Waals surface area contributed by atoms with E-state index in [1.54, 1.807) is 0 Å². The number of aryl methyl sites for hydroxylation is 4. The van der Waals surface area contributed by atoms with E-state index in [-0.39, 0.29) is 0 Å². The lowest BCUT2D eigenvalue weighted by molar-refractivity contribution is 1.50. The number of hydrogen-bond donors (Lipinski definition) is 0. The lowest BCUT2D eigenvalue weighted by Gasteiger charge is -2.16. The Balaban J connectivity index is 0.000000129. The third-order valence-electron chi connectivity index (χ3n) is 10.2. The Morgan fingerprint density at radius 3 is 0.609 bits per heavy atom. The molecule has 10 rings (SSSR count). The van der Waals surface area contributed by atoms with Crippen LogP contribution in [-0.2, 0) is 0 Å². The van der Waals surface area contributed by atoms with Crippen LogP contribution in [0.25, 0.3) is 86.2 Å². The first kappa shape index (κ1) is 28.3. The van der Waals surface area contributed by atoms with Crippen LogP contribution in [0.3, 0.4) is 0 Å². The van der Waals surface area contributed by atoms with Crippen molar-refractivity contribution >= 4 is 86.2 Å². The Kier molecular flexibility index (Phi) is 6.59. The first-order valence-electron chi connectivity index (χ1n) is 16.6. The fraction of sp³-hybridized carbons (Fsp3) is 0.130. The molecule has 46 heavy (non-hydrogen) atoms. The Labute approximate surface area is 270 Å². The van der Waals surface area contributed by atoms with Crippen LogP contribution in [0.5, 0.6) is 0 Å². The predicted octanol–water partition coefficient (Wildman–Crippen LogP) is 13.7. The van der Waals surface area contributed by atoms with E-state index in [2.05, 4.69) is 149 Å². The summed E-state index contributed by atoms with van der Waals surface area (Å²) in [6, 6.07) is 45.0. The van der Waals surface area contributed by atoms with Gasteiger partial charge in [-0.1, -0.05) is 135 Å². The largest absolute Gasteiger partial charge is 0.0683 e. The van der Waals surface area contributed by atoms with Crippen molar-refractivity contribution in [1.29, 1.82) is 0 Å². The van der Waals surface area contributed by atoms with Crippen LogP contribution >= 0.6 is 0 Å². The van der Waals surface area contributed by atoms with E-state index in [1.165, 1.54) is 108 Å². The molecule has 0 aromatic heterocycles. The standard InChI is InChI=1S/2C22H16.C2H6/c1-13-9-11-19-18-8-4-6-16-14(2)10-12-20(22(16)18)17-7-3-5-15(13)21(17)19;1-13-9-11-19-20-12-10-14(2)16-6-4-8-18(22(16)20)17-7-3-5-15(13)21(17)19;1-2/h2*3-12H,1-2H3;1-2H3. The highest BCUT2D eigenvalue weighted by molar-refractivity contribution is 6.34. The van der Waals surface area contributed by atoms with Gasteiger partial charge in [0.1, 0.15) is 0 Å². The van der Waals surface area contributed by atoms with Crippen molar-refractivity contribution in [3.05, 3.63) is 144 Å². The zero-order chi connectivity index (χ0) is 31.7. The summed E-state index contributed by atoms with van der Waals surface area (Å²) in [6.07, 6.45) is 0. The van der Waals surface area contributed by atoms with Crippen molar-refractivity contribution in [2.75, 3.05) is 0 Å². The minimum Gasteiger partial charge on any atom is -0.0683 e. The van der Waals surface area contributed by atoms with Gasteiger partial charge in [-0.2, -0.15) is 0 Å². The molecule has 0 saturated carbocycles. The quantitative estimate of drug-likeness (QED) is 0.122. The van der Waals surface area contributed by atoms with Crippen LogP contribution < -0.4 is 0 Å². The fourth-order valence-electron chi connectivity index (χ4n) is 8.01. The fourth-order valence-corrected chi connectivity index (χ4v) is 8.01. The van der Waals surface area contributed by atoms with Crippen LogP contribution in [0.1, 0.15) is 36.1 Å². The summed E-state index contributed by atoms with van der Waals surface area (Å²) in [4.78, 5) is 0. The summed E-state index contributed by atoms with van der Waals surface area (Å²) in [5, 5.41) is 22.1. The molecule has 222 valence electrons. The number of benzene rings is 10. The molecule has 0 unspecified atom stereocenters. The molecule has 0 aliphatic heterocycles. The van der Waals surface area contributed by atoms with Gasteiger partial charge in [0.05, 0.1) is 0 Å². The highest BCUT2D eigenvalue weighted by Crippen LogP contribution is 2.43. The van der Waals surface area contributed by atoms with Gasteiger partial charge in [0, 0.05) is 0 Å². The second-order valence-corrected chi connectivity index (χ2v) is 12.6. The van der Waals surface area contributed by atoms with Gasteiger partial charge < -0.3 is 0 Å². The van der Waals surface area contributed by atoms with Gasteiger partial charge in [0.25, 0.3) is 0 Å². The number of rotatable bonds is 0. The maximum Gasteiger partial charge on any atom is -0.00237 e. The predicted molar refractivity (Wildman–Crippen MR) is 206 cm³/mol. The zero-order valence-corrected chi connectivity index (χ0v) is 27.5. The summed E-state index contributed by atoms with van der Waals surface area (Å²) < 4.78 is 0. The molecule has 0 heteroatoms. The van der Waals surface area contributed by atoms with E-state index < -0.39 is 0 Å². The van der Waals surface area contributed by atoms with Crippen molar-refractivity contribution in [3.63, 3.8) is 0 Å². The third-order valence-corrected chi connectivity index (χ3v) is 10.2. The van der Waals surface area contributed by atoms with Gasteiger partial charge in [-0.3, -0.25) is 0 Å². The Morgan fingerprint density at radius 2 is 0.391 bits per heavy atom. The molecule has 10 aromatic carbocycles. The van der Waals surface area contributed by atoms with Crippen molar-refractivity contribution in [3.8, 4) is 0 Å². The Hall–Kier alpha value is -5.20. The van der Waals surface area contributed by atoms with Crippen LogP contribution in [0.4, 0.5) is 0 Å². The highest BCUT2D eigenvalue weighted by atomic mass is 14.2. The molecular formula is C46H38. The molecule has 0 fully saturated rings. The van der Waals surface area contributed by atoms with Gasteiger partial charge >= 0.3 is 0 Å². The molecule has 0 atom stereocenters. The van der Waals surface area contributed by atoms with Crippen molar-refractivity contribution in [1.82, 2.24) is 0 Å². The molecule has 0 heterocycles. The molecule has 0 nitrogen and oxygen atoms in total. The molecule has 0 N–H and O–H groups in total. The molecule has 0 radical (unpaired) electrons. The van der Waals surface area contributed by atoms with Crippen molar-refractivity contribution in [2.24, 2.45) is 0 Å². The molecule has 0 saturated heterocycles. The molecule has 0 aliphatic rings. The van der Waals surface area contributed by atoms with E-state index in [9.17, 15) is 0 Å². The summed E-state index contributed by atoms with van der Waals surface area (Å²) in [5.41, 5.74) is 5.40. The Bertz CT molecular complexity index is 2320. The molecule has 10 aromatic rings. The van der Waals surface area contributed by atoms with E-state index in [0.717, 1.165) is 0 Å². The molecule has 0 bridgehead atoms. The zero-order valence-electron chi connectivity index (χ0n) is 27.5. The van der Waals surface area contributed by atoms with Crippen LogP contribution in [-0.4, -0.2) is 0 Å². The Morgan fingerprint density at radius 1 is 0.217 bits per heavy atom. The van der Waals surface area contributed by atoms with Gasteiger partial charge in [0.15, 0.2) is 0 Å². The maximum absolute atomic E-state index is 2.29. The minimum absolute atomic E-state index is 1.35. The van der Waals surface area contributed by atoms with E-state index >= 15 is 0 Å². The third kappa shape index (κ3) is 3.93. The van der Waals surface area contributed by atoms with Crippen LogP contribution in [0.15, 0.2) is 121 Å². The van der Waals surface area contributed by atoms with Gasteiger partial charge in [-0.15, -0.1) is 0 Å². The molecule has 0 spiro atoms. The normalized spacial score (nSPS) is 11.7. The first-order chi connectivity index (χ1) is 22.5. The van der Waals surface area contributed by atoms with Crippen molar-refractivity contribution < 1.29 is 0 Å². The van der Waals surface area contributed by atoms with E-state index in [0.29, 0.717) is 0 Å². The van der Waals surface area contributed by atoms with Gasteiger partial charge in [-0.05, 0) is 136 Å². The lowest BCUT2D eigenvalue weighted by atomic mass is 9.87. The SMILES string of the molecule is CC.Cc1ccc2c3ccc(C)c4cccc(c5cccc1c52)c43.Cc1ccc2c3cccc4c(C)ccc(c5cccc1c52)c43. The molecular weight excluding hydrogens is 553 g/mol. The average molecular weight is 591 g/mol. The average Bonchev–Trinajstić information content (AvgIpc) is 3.10. The highest BCUT2D eigenvalue weighted by Gasteiger charge is 2.15. The summed E-state index contributed by atoms with van der Waals surface area (Å²) >= 11 is 0. The smallest absolute Gasteiger partial charge is 0.00237 e. The maximum atomic E-state index is 2.29. The molecule has 0 aliphatic carbocycles. The summed E-state index contributed by atoms with van der Waals surface area (Å²) in [7, 11) is 0. The second-order valence-electron chi connectivity index (χ2n) is 12.6. The number of hydrogen-bond acceptors (Lipinski definition) is 0. The summed E-state index contributed by atoms with van der Waals surface area (Å²) in [6.45, 7) is 12.8. The van der Waals surface area contributed by atoms with E-state index in [1.807, 2.05) is 13.8 Å². The lowest BCUT2D eigenvalue weighted by Crippen LogP contribution is -1.89. The number of fused-ring (bicyclic) bond motifs is 4. The van der Waals surface area contributed by atoms with Crippen LogP contribution in [0.2, 0.25) is 0 Å². The van der Waals surface area contributed by atoms with E-state index in [4.69, 9.17) is 0 Å². The monoisotopic (exact) mass is 590 g/mol. The first-order valence-corrected chi connectivity index (χ1v) is 16.6. The molecule has 0 amide bonds. The van der Waals surface area contributed by atoms with Crippen LogP contribution in [0, 0.1) is 27.7 Å². The van der Waals surface area contributed by atoms with Gasteiger partial charge in [0.2, 0.25) is 0 Å². The van der Waals surface area contributed by atoms with Crippen molar-refractivity contribution in [2.45, 2.75) is 41.5 Å².